The number of ether oxygens (including phenoxy) is 3. The summed E-state index contributed by atoms with van der Waals surface area (Å²) in [4.78, 5) is 11.8. The first-order valence-corrected chi connectivity index (χ1v) is 8.86. The van der Waals surface area contributed by atoms with Gasteiger partial charge in [0.15, 0.2) is 6.10 Å². The standard InChI is InChI=1S/C23H22O5/c1-26-20-12-13-21(27-2)18(14-20)15-22(23(24)25)28-19-10-8-17(9-11-19)16-6-4-3-5-7-16/h3-14,22H,15H2,1-2H3,(H,24,25). The van der Waals surface area contributed by atoms with E-state index in [9.17, 15) is 9.90 Å². The molecule has 0 amide bonds. The summed E-state index contributed by atoms with van der Waals surface area (Å²) in [5.74, 6) is 0.674. The Kier molecular flexibility index (Phi) is 6.17. The van der Waals surface area contributed by atoms with E-state index in [1.54, 1.807) is 44.6 Å². The predicted molar refractivity (Wildman–Crippen MR) is 107 cm³/mol. The van der Waals surface area contributed by atoms with Crippen molar-refractivity contribution in [2.75, 3.05) is 14.2 Å². The summed E-state index contributed by atoms with van der Waals surface area (Å²) >= 11 is 0. The fourth-order valence-electron chi connectivity index (χ4n) is 2.94. The van der Waals surface area contributed by atoms with Crippen LogP contribution in [-0.4, -0.2) is 31.4 Å². The van der Waals surface area contributed by atoms with Gasteiger partial charge in [-0.1, -0.05) is 42.5 Å². The molecule has 1 unspecified atom stereocenters. The number of aliphatic carboxylic acids is 1. The van der Waals surface area contributed by atoms with Gasteiger partial charge in [-0.2, -0.15) is 0 Å². The van der Waals surface area contributed by atoms with E-state index < -0.39 is 12.1 Å². The van der Waals surface area contributed by atoms with Gasteiger partial charge in [-0.15, -0.1) is 0 Å². The van der Waals surface area contributed by atoms with E-state index in [1.807, 2.05) is 42.5 Å². The molecule has 1 atom stereocenters. The molecule has 0 aliphatic rings. The number of hydrogen-bond donors (Lipinski definition) is 1. The Hall–Kier alpha value is -3.47. The van der Waals surface area contributed by atoms with E-state index in [-0.39, 0.29) is 6.42 Å². The van der Waals surface area contributed by atoms with E-state index in [4.69, 9.17) is 14.2 Å². The number of carboxylic acid groups (broad SMARTS) is 1. The van der Waals surface area contributed by atoms with Crippen LogP contribution in [0.1, 0.15) is 5.56 Å². The zero-order valence-corrected chi connectivity index (χ0v) is 15.8. The van der Waals surface area contributed by atoms with Crippen molar-refractivity contribution in [2.24, 2.45) is 0 Å². The number of hydrogen-bond acceptors (Lipinski definition) is 4. The number of carbonyl (C=O) groups is 1. The molecular weight excluding hydrogens is 356 g/mol. The van der Waals surface area contributed by atoms with E-state index in [0.717, 1.165) is 11.1 Å². The molecule has 3 aromatic rings. The quantitative estimate of drug-likeness (QED) is 0.628. The lowest BCUT2D eigenvalue weighted by Gasteiger charge is -2.17. The van der Waals surface area contributed by atoms with Gasteiger partial charge < -0.3 is 19.3 Å². The maximum absolute atomic E-state index is 11.8. The van der Waals surface area contributed by atoms with Crippen LogP contribution >= 0.6 is 0 Å². The van der Waals surface area contributed by atoms with E-state index in [2.05, 4.69) is 0 Å². The van der Waals surface area contributed by atoms with Gasteiger partial charge in [0.1, 0.15) is 17.2 Å². The number of methoxy groups -OCH3 is 2. The Morgan fingerprint density at radius 1 is 0.857 bits per heavy atom. The molecule has 0 aliphatic carbocycles. The summed E-state index contributed by atoms with van der Waals surface area (Å²) in [7, 11) is 3.11. The van der Waals surface area contributed by atoms with E-state index >= 15 is 0 Å². The summed E-state index contributed by atoms with van der Waals surface area (Å²) in [5, 5.41) is 9.62. The van der Waals surface area contributed by atoms with Crippen LogP contribution in [-0.2, 0) is 11.2 Å². The number of carboxylic acids is 1. The van der Waals surface area contributed by atoms with Crippen molar-refractivity contribution in [1.82, 2.24) is 0 Å². The van der Waals surface area contributed by atoms with Gasteiger partial charge in [0.05, 0.1) is 14.2 Å². The van der Waals surface area contributed by atoms with Gasteiger partial charge >= 0.3 is 5.97 Å². The summed E-state index contributed by atoms with van der Waals surface area (Å²) in [6.07, 6.45) is -0.903. The highest BCUT2D eigenvalue weighted by Gasteiger charge is 2.22. The van der Waals surface area contributed by atoms with Gasteiger partial charge in [-0.25, -0.2) is 4.79 Å². The molecule has 3 aromatic carbocycles. The fraction of sp³-hybridized carbons (Fsp3) is 0.174. The molecule has 0 aliphatic heterocycles. The van der Waals surface area contributed by atoms with E-state index in [1.165, 1.54) is 0 Å². The highest BCUT2D eigenvalue weighted by molar-refractivity contribution is 5.73. The molecule has 5 heteroatoms. The third kappa shape index (κ3) is 4.62. The number of benzene rings is 3. The Bertz CT molecular complexity index is 919. The molecule has 0 saturated carbocycles. The molecule has 28 heavy (non-hydrogen) atoms. The lowest BCUT2D eigenvalue weighted by atomic mass is 10.1. The van der Waals surface area contributed by atoms with Crippen LogP contribution in [0.3, 0.4) is 0 Å². The second-order valence-corrected chi connectivity index (χ2v) is 6.22. The van der Waals surface area contributed by atoms with Crippen molar-refractivity contribution >= 4 is 5.97 Å². The highest BCUT2D eigenvalue weighted by Crippen LogP contribution is 2.27. The lowest BCUT2D eigenvalue weighted by molar-refractivity contribution is -0.145. The van der Waals surface area contributed by atoms with Crippen molar-refractivity contribution in [3.8, 4) is 28.4 Å². The van der Waals surface area contributed by atoms with Crippen LogP contribution in [0, 0.1) is 0 Å². The molecular formula is C23H22O5. The molecule has 144 valence electrons. The molecule has 0 bridgehead atoms. The Morgan fingerprint density at radius 2 is 1.50 bits per heavy atom. The monoisotopic (exact) mass is 378 g/mol. The van der Waals surface area contributed by atoms with Crippen molar-refractivity contribution in [3.05, 3.63) is 78.4 Å². The van der Waals surface area contributed by atoms with Crippen LogP contribution in [0.5, 0.6) is 17.2 Å². The Labute approximate surface area is 164 Å². The van der Waals surface area contributed by atoms with Gasteiger partial charge in [-0.05, 0) is 41.5 Å². The molecule has 0 spiro atoms. The smallest absolute Gasteiger partial charge is 0.345 e. The molecule has 0 saturated heterocycles. The number of rotatable bonds is 8. The lowest BCUT2D eigenvalue weighted by Crippen LogP contribution is -2.29. The van der Waals surface area contributed by atoms with Crippen LogP contribution in [0.2, 0.25) is 0 Å². The molecule has 0 fully saturated rings. The first-order valence-electron chi connectivity index (χ1n) is 8.86. The van der Waals surface area contributed by atoms with Gasteiger partial charge in [0, 0.05) is 12.0 Å². The first kappa shape index (κ1) is 19.3. The SMILES string of the molecule is COc1ccc(OC)c(CC(Oc2ccc(-c3ccccc3)cc2)C(=O)O)c1. The third-order valence-electron chi connectivity index (χ3n) is 4.41. The zero-order chi connectivity index (χ0) is 19.9. The third-order valence-corrected chi connectivity index (χ3v) is 4.41. The van der Waals surface area contributed by atoms with E-state index in [0.29, 0.717) is 22.8 Å². The minimum absolute atomic E-state index is 0.149. The van der Waals surface area contributed by atoms with Crippen LogP contribution in [0.25, 0.3) is 11.1 Å². The minimum Gasteiger partial charge on any atom is -0.497 e. The average Bonchev–Trinajstić information content (AvgIpc) is 2.74. The summed E-state index contributed by atoms with van der Waals surface area (Å²) in [6, 6.07) is 22.6. The maximum atomic E-state index is 11.8. The van der Waals surface area contributed by atoms with Crippen LogP contribution in [0.4, 0.5) is 0 Å². The van der Waals surface area contributed by atoms with Crippen molar-refractivity contribution < 1.29 is 24.1 Å². The van der Waals surface area contributed by atoms with Crippen molar-refractivity contribution in [2.45, 2.75) is 12.5 Å². The molecule has 0 heterocycles. The molecule has 0 radical (unpaired) electrons. The molecule has 0 aromatic heterocycles. The van der Waals surface area contributed by atoms with Gasteiger partial charge in [0.25, 0.3) is 0 Å². The summed E-state index contributed by atoms with van der Waals surface area (Å²) in [5.41, 5.74) is 2.83. The van der Waals surface area contributed by atoms with Gasteiger partial charge in [-0.3, -0.25) is 0 Å². The topological polar surface area (TPSA) is 65.0 Å². The zero-order valence-electron chi connectivity index (χ0n) is 15.8. The highest BCUT2D eigenvalue weighted by atomic mass is 16.5. The Morgan fingerprint density at radius 3 is 2.11 bits per heavy atom. The summed E-state index contributed by atoms with van der Waals surface area (Å²) < 4.78 is 16.3. The largest absolute Gasteiger partial charge is 0.497 e. The first-order chi connectivity index (χ1) is 13.6. The molecule has 3 rings (SSSR count). The molecule has 1 N–H and O–H groups in total. The summed E-state index contributed by atoms with van der Waals surface area (Å²) in [6.45, 7) is 0. The average molecular weight is 378 g/mol. The van der Waals surface area contributed by atoms with Crippen molar-refractivity contribution in [3.63, 3.8) is 0 Å². The molecule has 5 nitrogen and oxygen atoms in total. The van der Waals surface area contributed by atoms with Crippen LogP contribution < -0.4 is 14.2 Å². The second kappa shape index (κ2) is 8.95. The Balaban J connectivity index is 1.78. The van der Waals surface area contributed by atoms with Gasteiger partial charge in [0.2, 0.25) is 0 Å². The second-order valence-electron chi connectivity index (χ2n) is 6.22. The minimum atomic E-state index is -1.05. The normalized spacial score (nSPS) is 11.5. The fourth-order valence-corrected chi connectivity index (χ4v) is 2.94. The van der Waals surface area contributed by atoms with Crippen molar-refractivity contribution in [1.29, 1.82) is 0 Å². The predicted octanol–water partition coefficient (Wildman–Crippen LogP) is 4.45. The van der Waals surface area contributed by atoms with Crippen LogP contribution in [0.15, 0.2) is 72.8 Å². The maximum Gasteiger partial charge on any atom is 0.345 e.